The third-order valence-corrected chi connectivity index (χ3v) is 6.52. The van der Waals surface area contributed by atoms with Gasteiger partial charge in [-0.15, -0.1) is 0 Å². The Morgan fingerprint density at radius 2 is 1.75 bits per heavy atom. The molecule has 0 fully saturated rings. The van der Waals surface area contributed by atoms with Gasteiger partial charge in [-0.25, -0.2) is 0 Å². The molecule has 0 saturated carbocycles. The molecule has 100 valence electrons. The molecular weight excluding hydrogens is 363 g/mol. The first kappa shape index (κ1) is 13.2. The van der Waals surface area contributed by atoms with Crippen molar-refractivity contribution in [2.24, 2.45) is 0 Å². The van der Waals surface area contributed by atoms with E-state index in [9.17, 15) is 4.79 Å². The molecule has 0 aliphatic carbocycles. The predicted molar refractivity (Wildman–Crippen MR) is 87.4 cm³/mol. The van der Waals surface area contributed by atoms with E-state index in [0.29, 0.717) is 5.56 Å². The Morgan fingerprint density at radius 3 is 2.50 bits per heavy atom. The number of benzene rings is 2. The maximum absolute atomic E-state index is 11.7. The normalized spacial score (nSPS) is 14.3. The number of halogens is 1. The second-order valence-corrected chi connectivity index (χ2v) is 8.25. The Morgan fingerprint density at radius 1 is 1.05 bits per heavy atom. The summed E-state index contributed by atoms with van der Waals surface area (Å²) in [5, 5.41) is 0. The summed E-state index contributed by atoms with van der Waals surface area (Å²) in [5.41, 5.74) is 4.07. The Balaban J connectivity index is 1.94. The summed E-state index contributed by atoms with van der Waals surface area (Å²) < 4.78 is 9.67. The van der Waals surface area contributed by atoms with Gasteiger partial charge in [0.15, 0.2) is 0 Å². The molecule has 0 unspecified atom stereocenters. The van der Waals surface area contributed by atoms with Crippen molar-refractivity contribution in [1.82, 2.24) is 0 Å². The fourth-order valence-corrected chi connectivity index (χ4v) is 5.44. The second-order valence-electron chi connectivity index (χ2n) is 4.69. The first-order valence-corrected chi connectivity index (χ1v) is 9.29. The van der Waals surface area contributed by atoms with Crippen molar-refractivity contribution in [3.8, 4) is 9.85 Å². The summed E-state index contributed by atoms with van der Waals surface area (Å²) in [6, 6.07) is 13.8. The van der Waals surface area contributed by atoms with Crippen molar-refractivity contribution in [2.75, 3.05) is 0 Å². The van der Waals surface area contributed by atoms with E-state index < -0.39 is 20.2 Å². The average molecular weight is 376 g/mol. The number of rotatable bonds is 0. The molecule has 1 aliphatic heterocycles. The SMILES string of the molecule is Cc1cc(C)cc(C#CI2OC(=O)c3ccccc32)c1. The molecule has 2 nitrogen and oxygen atoms in total. The quantitative estimate of drug-likeness (QED) is 0.512. The van der Waals surface area contributed by atoms with Crippen molar-refractivity contribution in [3.05, 3.63) is 68.3 Å². The molecule has 0 saturated heterocycles. The summed E-state index contributed by atoms with van der Waals surface area (Å²) in [6.45, 7) is 4.12. The second kappa shape index (κ2) is 5.29. The molecule has 0 radical (unpaired) electrons. The summed E-state index contributed by atoms with van der Waals surface area (Å²) in [4.78, 5) is 11.7. The molecular formula is C17H13IO2. The average Bonchev–Trinajstić information content (AvgIpc) is 2.73. The van der Waals surface area contributed by atoms with E-state index in [0.717, 1.165) is 9.13 Å². The van der Waals surface area contributed by atoms with Crippen molar-refractivity contribution >= 4 is 26.2 Å². The van der Waals surface area contributed by atoms with Crippen molar-refractivity contribution in [2.45, 2.75) is 13.8 Å². The first-order chi connectivity index (χ1) is 9.63. The van der Waals surface area contributed by atoms with Crippen molar-refractivity contribution < 1.29 is 7.86 Å². The van der Waals surface area contributed by atoms with Crippen LogP contribution in [0, 0.1) is 27.3 Å². The van der Waals surface area contributed by atoms with Gasteiger partial charge in [0, 0.05) is 0 Å². The Labute approximate surface area is 126 Å². The molecule has 0 amide bonds. The van der Waals surface area contributed by atoms with Crippen LogP contribution < -0.4 is 0 Å². The Hall–Kier alpha value is -1.80. The van der Waals surface area contributed by atoms with Gasteiger partial charge in [0.25, 0.3) is 0 Å². The fraction of sp³-hybridized carbons (Fsp3) is 0.118. The van der Waals surface area contributed by atoms with Crippen molar-refractivity contribution in [1.29, 1.82) is 0 Å². The zero-order valence-electron chi connectivity index (χ0n) is 11.2. The first-order valence-electron chi connectivity index (χ1n) is 6.25. The van der Waals surface area contributed by atoms with Gasteiger partial charge in [-0.05, 0) is 0 Å². The topological polar surface area (TPSA) is 26.3 Å². The molecule has 0 spiro atoms. The van der Waals surface area contributed by atoms with Gasteiger partial charge in [0.2, 0.25) is 0 Å². The molecule has 1 heterocycles. The molecule has 0 aromatic heterocycles. The van der Waals surface area contributed by atoms with Gasteiger partial charge < -0.3 is 0 Å². The maximum atomic E-state index is 11.7. The zero-order chi connectivity index (χ0) is 14.1. The van der Waals surface area contributed by atoms with Crippen LogP contribution in [0.1, 0.15) is 27.0 Å². The van der Waals surface area contributed by atoms with E-state index in [1.165, 1.54) is 11.1 Å². The van der Waals surface area contributed by atoms with E-state index in [2.05, 4.69) is 41.9 Å². The van der Waals surface area contributed by atoms with E-state index in [1.54, 1.807) is 0 Å². The fourth-order valence-electron chi connectivity index (χ4n) is 2.14. The monoisotopic (exact) mass is 376 g/mol. The van der Waals surface area contributed by atoms with E-state index in [1.807, 2.05) is 24.3 Å². The van der Waals surface area contributed by atoms with Crippen molar-refractivity contribution in [3.63, 3.8) is 0 Å². The molecule has 0 N–H and O–H groups in total. The third kappa shape index (κ3) is 2.56. The van der Waals surface area contributed by atoms with Crippen LogP contribution >= 0.6 is 20.2 Å². The Bertz CT molecular complexity index is 733. The predicted octanol–water partition coefficient (Wildman–Crippen LogP) is 4.07. The number of carbonyl (C=O) groups is 1. The number of fused-ring (bicyclic) bond motifs is 1. The molecule has 20 heavy (non-hydrogen) atoms. The summed E-state index contributed by atoms with van der Waals surface area (Å²) in [5.74, 6) is 2.95. The molecule has 2 aromatic rings. The molecule has 0 atom stereocenters. The van der Waals surface area contributed by atoms with Crippen LogP contribution in [0.25, 0.3) is 0 Å². The summed E-state index contributed by atoms with van der Waals surface area (Å²) in [6.07, 6.45) is 0. The van der Waals surface area contributed by atoms with Gasteiger partial charge >= 0.3 is 126 Å². The van der Waals surface area contributed by atoms with Gasteiger partial charge in [-0.3, -0.25) is 0 Å². The number of aryl methyl sites for hydroxylation is 2. The van der Waals surface area contributed by atoms with Crippen LogP contribution in [0.3, 0.4) is 0 Å². The standard InChI is InChI=1S/C17H13IO2/c1-12-9-13(2)11-14(10-12)7-8-18-16-6-4-3-5-15(16)17(19)20-18/h3-6,9-11H,1-2H3. The molecule has 0 bridgehead atoms. The van der Waals surface area contributed by atoms with Crippen LogP contribution in [-0.4, -0.2) is 5.97 Å². The van der Waals surface area contributed by atoms with E-state index in [-0.39, 0.29) is 5.97 Å². The zero-order valence-corrected chi connectivity index (χ0v) is 13.4. The summed E-state index contributed by atoms with van der Waals surface area (Å²) >= 11 is -2.14. The van der Waals surface area contributed by atoms with Crippen LogP contribution in [0.5, 0.6) is 0 Å². The minimum atomic E-state index is -2.14. The van der Waals surface area contributed by atoms with Gasteiger partial charge in [0.1, 0.15) is 0 Å². The number of hydrogen-bond acceptors (Lipinski definition) is 2. The third-order valence-electron chi connectivity index (χ3n) is 2.93. The van der Waals surface area contributed by atoms with Crippen LogP contribution in [0.4, 0.5) is 0 Å². The minimum absolute atomic E-state index is 0.222. The van der Waals surface area contributed by atoms with E-state index in [4.69, 9.17) is 3.07 Å². The van der Waals surface area contributed by atoms with Crippen LogP contribution in [-0.2, 0) is 3.07 Å². The number of carbonyl (C=O) groups excluding carboxylic acids is 1. The summed E-state index contributed by atoms with van der Waals surface area (Å²) in [7, 11) is 0. The van der Waals surface area contributed by atoms with Crippen LogP contribution in [0.15, 0.2) is 42.5 Å². The Kier molecular flexibility index (Phi) is 3.49. The number of hydrogen-bond donors (Lipinski definition) is 0. The molecule has 3 rings (SSSR count). The van der Waals surface area contributed by atoms with E-state index >= 15 is 0 Å². The van der Waals surface area contributed by atoms with Crippen LogP contribution in [0.2, 0.25) is 0 Å². The molecule has 2 aromatic carbocycles. The molecule has 1 aliphatic rings. The van der Waals surface area contributed by atoms with Gasteiger partial charge in [-0.1, -0.05) is 0 Å². The molecule has 3 heteroatoms. The van der Waals surface area contributed by atoms with Gasteiger partial charge in [-0.2, -0.15) is 0 Å². The van der Waals surface area contributed by atoms with Gasteiger partial charge in [0.05, 0.1) is 0 Å².